The molecule has 1 saturated heterocycles. The maximum absolute atomic E-state index is 12.4. The Bertz CT molecular complexity index is 681. The van der Waals surface area contributed by atoms with Crippen LogP contribution in [0.25, 0.3) is 0 Å². The summed E-state index contributed by atoms with van der Waals surface area (Å²) in [6, 6.07) is 14.7. The number of morpholine rings is 1. The molecule has 1 amide bonds. The van der Waals surface area contributed by atoms with Crippen LogP contribution in [0.5, 0.6) is 11.5 Å². The number of carbonyl (C=O) groups excluding carboxylic acids is 1. The summed E-state index contributed by atoms with van der Waals surface area (Å²) in [7, 11) is 0. The van der Waals surface area contributed by atoms with Crippen molar-refractivity contribution in [1.29, 1.82) is 0 Å². The van der Waals surface area contributed by atoms with Gasteiger partial charge in [0.25, 0.3) is 0 Å². The van der Waals surface area contributed by atoms with Gasteiger partial charge in [0.1, 0.15) is 18.1 Å². The zero-order valence-corrected chi connectivity index (χ0v) is 13.5. The Labute approximate surface area is 141 Å². The largest absolute Gasteiger partial charge is 0.508 e. The number of phenols is 1. The van der Waals surface area contributed by atoms with E-state index >= 15 is 0 Å². The van der Waals surface area contributed by atoms with Crippen molar-refractivity contribution in [1.82, 2.24) is 4.90 Å². The molecule has 0 spiro atoms. The van der Waals surface area contributed by atoms with Crippen LogP contribution in [0.1, 0.15) is 11.1 Å². The number of nitrogens with zero attached hydrogens (tertiary/aromatic N) is 1. The number of phenolic OH excluding ortho intramolecular Hbond substituents is 1. The van der Waals surface area contributed by atoms with E-state index in [0.29, 0.717) is 44.2 Å². The molecule has 0 atom stereocenters. The maximum atomic E-state index is 12.4. The summed E-state index contributed by atoms with van der Waals surface area (Å²) in [6.45, 7) is 2.78. The van der Waals surface area contributed by atoms with Crippen molar-refractivity contribution >= 4 is 5.91 Å². The van der Waals surface area contributed by atoms with Crippen molar-refractivity contribution < 1.29 is 19.4 Å². The number of hydrogen-bond donors (Lipinski definition) is 1. The standard InChI is InChI=1S/C19H21NO4/c21-17-6-7-18(24-14-15-4-2-1-3-5-15)16(12-17)13-19(22)20-8-10-23-11-9-20/h1-7,12,21H,8-11,13-14H2. The van der Waals surface area contributed by atoms with Crippen molar-refractivity contribution in [3.05, 3.63) is 59.7 Å². The van der Waals surface area contributed by atoms with Gasteiger partial charge in [0.15, 0.2) is 0 Å². The van der Waals surface area contributed by atoms with E-state index in [-0.39, 0.29) is 18.1 Å². The Balaban J connectivity index is 1.69. The Morgan fingerprint density at radius 2 is 1.88 bits per heavy atom. The first-order valence-electron chi connectivity index (χ1n) is 8.06. The summed E-state index contributed by atoms with van der Waals surface area (Å²) in [5.41, 5.74) is 1.75. The lowest BCUT2D eigenvalue weighted by atomic mass is 10.1. The highest BCUT2D eigenvalue weighted by Crippen LogP contribution is 2.25. The third kappa shape index (κ3) is 4.26. The Kier molecular flexibility index (Phi) is 5.33. The molecule has 24 heavy (non-hydrogen) atoms. The van der Waals surface area contributed by atoms with Crippen LogP contribution in [-0.2, 0) is 22.6 Å². The van der Waals surface area contributed by atoms with Gasteiger partial charge in [-0.15, -0.1) is 0 Å². The third-order valence-corrected chi connectivity index (χ3v) is 3.99. The van der Waals surface area contributed by atoms with Gasteiger partial charge in [-0.25, -0.2) is 0 Å². The van der Waals surface area contributed by atoms with Crippen LogP contribution in [-0.4, -0.2) is 42.2 Å². The molecule has 0 bridgehead atoms. The van der Waals surface area contributed by atoms with E-state index in [1.165, 1.54) is 0 Å². The smallest absolute Gasteiger partial charge is 0.227 e. The van der Waals surface area contributed by atoms with E-state index < -0.39 is 0 Å². The van der Waals surface area contributed by atoms with Gasteiger partial charge in [-0.05, 0) is 23.8 Å². The van der Waals surface area contributed by atoms with Gasteiger partial charge < -0.3 is 19.5 Å². The van der Waals surface area contributed by atoms with Crippen molar-refractivity contribution in [2.45, 2.75) is 13.0 Å². The summed E-state index contributed by atoms with van der Waals surface area (Å²) in [5, 5.41) is 9.75. The van der Waals surface area contributed by atoms with E-state index in [1.807, 2.05) is 30.3 Å². The minimum atomic E-state index is 0.0217. The minimum absolute atomic E-state index is 0.0217. The fraction of sp³-hybridized carbons (Fsp3) is 0.316. The number of carbonyl (C=O) groups is 1. The molecule has 126 valence electrons. The molecule has 1 aliphatic heterocycles. The van der Waals surface area contributed by atoms with Crippen LogP contribution in [0.2, 0.25) is 0 Å². The summed E-state index contributed by atoms with van der Waals surface area (Å²) in [5.74, 6) is 0.776. The summed E-state index contributed by atoms with van der Waals surface area (Å²) in [6.07, 6.45) is 0.207. The molecule has 3 rings (SSSR count). The number of amides is 1. The van der Waals surface area contributed by atoms with Gasteiger partial charge in [0.2, 0.25) is 5.91 Å². The predicted octanol–water partition coefficient (Wildman–Crippen LogP) is 2.37. The monoisotopic (exact) mass is 327 g/mol. The second kappa shape index (κ2) is 7.84. The molecule has 5 nitrogen and oxygen atoms in total. The van der Waals surface area contributed by atoms with E-state index in [4.69, 9.17) is 9.47 Å². The lowest BCUT2D eigenvalue weighted by molar-refractivity contribution is -0.134. The van der Waals surface area contributed by atoms with Crippen LogP contribution >= 0.6 is 0 Å². The quantitative estimate of drug-likeness (QED) is 0.916. The molecule has 1 N–H and O–H groups in total. The molecule has 0 saturated carbocycles. The molecule has 2 aromatic carbocycles. The zero-order valence-electron chi connectivity index (χ0n) is 13.5. The van der Waals surface area contributed by atoms with E-state index in [1.54, 1.807) is 23.1 Å². The van der Waals surface area contributed by atoms with Gasteiger partial charge >= 0.3 is 0 Å². The lowest BCUT2D eigenvalue weighted by Crippen LogP contribution is -2.41. The van der Waals surface area contributed by atoms with Crippen molar-refractivity contribution in [2.75, 3.05) is 26.3 Å². The van der Waals surface area contributed by atoms with Crippen molar-refractivity contribution in [3.8, 4) is 11.5 Å². The van der Waals surface area contributed by atoms with Gasteiger partial charge in [-0.3, -0.25) is 4.79 Å². The Morgan fingerprint density at radius 1 is 1.12 bits per heavy atom. The van der Waals surface area contributed by atoms with E-state index in [0.717, 1.165) is 5.56 Å². The minimum Gasteiger partial charge on any atom is -0.508 e. The second-order valence-corrected chi connectivity index (χ2v) is 5.74. The molecular formula is C19H21NO4. The number of benzene rings is 2. The average molecular weight is 327 g/mol. The van der Waals surface area contributed by atoms with Gasteiger partial charge in [-0.1, -0.05) is 30.3 Å². The van der Waals surface area contributed by atoms with Crippen LogP contribution in [0.15, 0.2) is 48.5 Å². The summed E-state index contributed by atoms with van der Waals surface area (Å²) < 4.78 is 11.1. The van der Waals surface area contributed by atoms with Crippen molar-refractivity contribution in [3.63, 3.8) is 0 Å². The molecule has 1 fully saturated rings. The molecule has 1 aliphatic rings. The fourth-order valence-electron chi connectivity index (χ4n) is 2.67. The molecule has 0 radical (unpaired) electrons. The van der Waals surface area contributed by atoms with Crippen LogP contribution in [0.4, 0.5) is 0 Å². The first-order valence-corrected chi connectivity index (χ1v) is 8.06. The Hall–Kier alpha value is -2.53. The lowest BCUT2D eigenvalue weighted by Gasteiger charge is -2.27. The summed E-state index contributed by atoms with van der Waals surface area (Å²) in [4.78, 5) is 14.2. The normalized spacial score (nSPS) is 14.4. The third-order valence-electron chi connectivity index (χ3n) is 3.99. The van der Waals surface area contributed by atoms with Crippen LogP contribution in [0, 0.1) is 0 Å². The molecular weight excluding hydrogens is 306 g/mol. The first-order chi connectivity index (χ1) is 11.7. The highest BCUT2D eigenvalue weighted by molar-refractivity contribution is 5.79. The molecule has 1 heterocycles. The van der Waals surface area contributed by atoms with E-state index in [9.17, 15) is 9.90 Å². The van der Waals surface area contributed by atoms with Crippen LogP contribution < -0.4 is 4.74 Å². The van der Waals surface area contributed by atoms with Crippen molar-refractivity contribution in [2.24, 2.45) is 0 Å². The number of ether oxygens (including phenoxy) is 2. The molecule has 5 heteroatoms. The van der Waals surface area contributed by atoms with Crippen LogP contribution in [0.3, 0.4) is 0 Å². The fourth-order valence-corrected chi connectivity index (χ4v) is 2.67. The highest BCUT2D eigenvalue weighted by atomic mass is 16.5. The number of aromatic hydroxyl groups is 1. The zero-order chi connectivity index (χ0) is 16.8. The van der Waals surface area contributed by atoms with Gasteiger partial charge in [0.05, 0.1) is 19.6 Å². The molecule has 0 unspecified atom stereocenters. The SMILES string of the molecule is O=C(Cc1cc(O)ccc1OCc1ccccc1)N1CCOCC1. The summed E-state index contributed by atoms with van der Waals surface area (Å²) >= 11 is 0. The van der Waals surface area contributed by atoms with E-state index in [2.05, 4.69) is 0 Å². The average Bonchev–Trinajstić information content (AvgIpc) is 2.62. The van der Waals surface area contributed by atoms with Gasteiger partial charge in [0, 0.05) is 18.7 Å². The molecule has 2 aromatic rings. The van der Waals surface area contributed by atoms with Gasteiger partial charge in [-0.2, -0.15) is 0 Å². The topological polar surface area (TPSA) is 59.0 Å². The second-order valence-electron chi connectivity index (χ2n) is 5.74. The molecule has 0 aromatic heterocycles. The first kappa shape index (κ1) is 16.3. The highest BCUT2D eigenvalue weighted by Gasteiger charge is 2.19. The number of hydrogen-bond acceptors (Lipinski definition) is 4. The predicted molar refractivity (Wildman–Crippen MR) is 90.0 cm³/mol. The molecule has 0 aliphatic carbocycles. The number of rotatable bonds is 5. The maximum Gasteiger partial charge on any atom is 0.227 e. The Morgan fingerprint density at radius 3 is 2.62 bits per heavy atom.